The van der Waals surface area contributed by atoms with Gasteiger partial charge in [-0.05, 0) is 19.4 Å². The van der Waals surface area contributed by atoms with E-state index in [2.05, 4.69) is 0 Å². The molecule has 0 aromatic heterocycles. The number of hydrogen-bond donors (Lipinski definition) is 1. The highest BCUT2D eigenvalue weighted by Gasteiger charge is 2.15. The van der Waals surface area contributed by atoms with E-state index in [4.69, 9.17) is 10.5 Å². The smallest absolute Gasteiger partial charge is 0.154 e. The van der Waals surface area contributed by atoms with Gasteiger partial charge in [0.2, 0.25) is 0 Å². The van der Waals surface area contributed by atoms with Crippen LogP contribution in [0.25, 0.3) is 0 Å². The van der Waals surface area contributed by atoms with Crippen molar-refractivity contribution in [1.82, 2.24) is 0 Å². The monoisotopic (exact) mass is 235 g/mol. The van der Waals surface area contributed by atoms with Crippen LogP contribution in [-0.4, -0.2) is 18.9 Å². The molecule has 0 spiro atoms. The van der Waals surface area contributed by atoms with Crippen molar-refractivity contribution in [3.05, 3.63) is 29.3 Å². The number of aryl methyl sites for hydroxylation is 1. The normalized spacial score (nSPS) is 12.2. The van der Waals surface area contributed by atoms with E-state index in [-0.39, 0.29) is 11.8 Å². The second-order valence-corrected chi connectivity index (χ2v) is 4.35. The third-order valence-corrected chi connectivity index (χ3v) is 2.81. The lowest BCUT2D eigenvalue weighted by molar-refractivity contribution is -0.119. The summed E-state index contributed by atoms with van der Waals surface area (Å²) in [6, 6.07) is 5.49. The molecule has 0 aliphatic carbocycles. The molecule has 0 aliphatic heterocycles. The van der Waals surface area contributed by atoms with Crippen LogP contribution in [0, 0.1) is 6.92 Å². The van der Waals surface area contributed by atoms with E-state index in [0.717, 1.165) is 29.7 Å². The zero-order chi connectivity index (χ0) is 12.8. The average Bonchev–Trinajstić information content (AvgIpc) is 2.29. The summed E-state index contributed by atoms with van der Waals surface area (Å²) in [4.78, 5) is 11.9. The van der Waals surface area contributed by atoms with Crippen LogP contribution in [0.5, 0.6) is 5.75 Å². The topological polar surface area (TPSA) is 52.3 Å². The Labute approximate surface area is 103 Å². The number of carbonyl (C=O) groups is 1. The molecule has 2 N–H and O–H groups in total. The van der Waals surface area contributed by atoms with Crippen LogP contribution >= 0.6 is 0 Å². The van der Waals surface area contributed by atoms with E-state index in [1.54, 1.807) is 7.11 Å². The lowest BCUT2D eigenvalue weighted by Gasteiger charge is -2.12. The van der Waals surface area contributed by atoms with Gasteiger partial charge in [0.25, 0.3) is 0 Å². The first-order chi connectivity index (χ1) is 8.08. The first-order valence-electron chi connectivity index (χ1n) is 6.00. The Morgan fingerprint density at radius 3 is 2.76 bits per heavy atom. The SMILES string of the molecule is CCCC(N)C(=O)Cc1cc(C)ccc1OC. The van der Waals surface area contributed by atoms with Gasteiger partial charge in [0, 0.05) is 12.0 Å². The van der Waals surface area contributed by atoms with Crippen LogP contribution in [0.3, 0.4) is 0 Å². The standard InChI is InChI=1S/C14H21NO2/c1-4-5-12(15)13(16)9-11-8-10(2)6-7-14(11)17-3/h6-8,12H,4-5,9,15H2,1-3H3. The number of Topliss-reactive ketones (excluding diaryl/α,β-unsaturated/α-hetero) is 1. The van der Waals surface area contributed by atoms with Gasteiger partial charge in [-0.1, -0.05) is 31.0 Å². The van der Waals surface area contributed by atoms with Crippen LogP contribution in [0.2, 0.25) is 0 Å². The minimum atomic E-state index is -0.356. The fourth-order valence-electron chi connectivity index (χ4n) is 1.84. The summed E-state index contributed by atoms with van der Waals surface area (Å²) in [7, 11) is 1.62. The first-order valence-corrected chi connectivity index (χ1v) is 6.00. The molecule has 0 aliphatic rings. The van der Waals surface area contributed by atoms with Gasteiger partial charge in [0.05, 0.1) is 13.2 Å². The van der Waals surface area contributed by atoms with Crippen LogP contribution in [0.4, 0.5) is 0 Å². The largest absolute Gasteiger partial charge is 0.496 e. The summed E-state index contributed by atoms with van der Waals surface area (Å²) in [6.45, 7) is 4.03. The summed E-state index contributed by atoms with van der Waals surface area (Å²) in [5.41, 5.74) is 7.86. The van der Waals surface area contributed by atoms with E-state index in [9.17, 15) is 4.79 Å². The summed E-state index contributed by atoms with van der Waals surface area (Å²) in [5.74, 6) is 0.836. The molecule has 0 radical (unpaired) electrons. The minimum absolute atomic E-state index is 0.0794. The molecule has 0 heterocycles. The van der Waals surface area contributed by atoms with E-state index in [1.807, 2.05) is 32.0 Å². The average molecular weight is 235 g/mol. The molecule has 1 rings (SSSR count). The zero-order valence-corrected chi connectivity index (χ0v) is 10.8. The fourth-order valence-corrected chi connectivity index (χ4v) is 1.84. The zero-order valence-electron chi connectivity index (χ0n) is 10.8. The van der Waals surface area contributed by atoms with E-state index >= 15 is 0 Å². The molecule has 0 saturated heterocycles. The highest BCUT2D eigenvalue weighted by atomic mass is 16.5. The summed E-state index contributed by atoms with van der Waals surface area (Å²) < 4.78 is 5.25. The van der Waals surface area contributed by atoms with Gasteiger partial charge in [-0.2, -0.15) is 0 Å². The van der Waals surface area contributed by atoms with E-state index in [1.165, 1.54) is 0 Å². The van der Waals surface area contributed by atoms with Gasteiger partial charge in [-0.15, -0.1) is 0 Å². The van der Waals surface area contributed by atoms with Crippen molar-refractivity contribution in [2.45, 2.75) is 39.2 Å². The van der Waals surface area contributed by atoms with Crippen molar-refractivity contribution in [2.24, 2.45) is 5.73 Å². The molecular weight excluding hydrogens is 214 g/mol. The number of hydrogen-bond acceptors (Lipinski definition) is 3. The van der Waals surface area contributed by atoms with Gasteiger partial charge in [-0.25, -0.2) is 0 Å². The van der Waals surface area contributed by atoms with Gasteiger partial charge >= 0.3 is 0 Å². The second kappa shape index (κ2) is 6.40. The van der Waals surface area contributed by atoms with Gasteiger partial charge in [0.1, 0.15) is 5.75 Å². The Morgan fingerprint density at radius 2 is 2.18 bits per heavy atom. The number of rotatable bonds is 6. The molecule has 0 amide bonds. The molecule has 3 heteroatoms. The van der Waals surface area contributed by atoms with E-state index in [0.29, 0.717) is 6.42 Å². The summed E-state index contributed by atoms with van der Waals surface area (Å²) >= 11 is 0. The van der Waals surface area contributed by atoms with Crippen molar-refractivity contribution in [3.8, 4) is 5.75 Å². The van der Waals surface area contributed by atoms with Crippen LogP contribution in [-0.2, 0) is 11.2 Å². The quantitative estimate of drug-likeness (QED) is 0.822. The lowest BCUT2D eigenvalue weighted by atomic mass is 9.99. The molecule has 0 saturated carbocycles. The van der Waals surface area contributed by atoms with Crippen LogP contribution in [0.15, 0.2) is 18.2 Å². The number of methoxy groups -OCH3 is 1. The lowest BCUT2D eigenvalue weighted by Crippen LogP contribution is -2.31. The molecular formula is C14H21NO2. The predicted molar refractivity (Wildman–Crippen MR) is 69.3 cm³/mol. The number of ketones is 1. The van der Waals surface area contributed by atoms with Crippen molar-refractivity contribution in [3.63, 3.8) is 0 Å². The highest BCUT2D eigenvalue weighted by Crippen LogP contribution is 2.20. The summed E-state index contributed by atoms with van der Waals surface area (Å²) in [6.07, 6.45) is 2.02. The Kier molecular flexibility index (Phi) is 5.16. The molecule has 1 atom stereocenters. The first kappa shape index (κ1) is 13.7. The number of ether oxygens (including phenoxy) is 1. The summed E-state index contributed by atoms with van der Waals surface area (Å²) in [5, 5.41) is 0. The molecule has 1 unspecified atom stereocenters. The van der Waals surface area contributed by atoms with Crippen molar-refractivity contribution < 1.29 is 9.53 Å². The van der Waals surface area contributed by atoms with Crippen LogP contribution < -0.4 is 10.5 Å². The van der Waals surface area contributed by atoms with Crippen molar-refractivity contribution in [1.29, 1.82) is 0 Å². The minimum Gasteiger partial charge on any atom is -0.496 e. The molecule has 94 valence electrons. The Hall–Kier alpha value is -1.35. The highest BCUT2D eigenvalue weighted by molar-refractivity contribution is 5.86. The number of benzene rings is 1. The predicted octanol–water partition coefficient (Wildman–Crippen LogP) is 2.24. The molecule has 17 heavy (non-hydrogen) atoms. The van der Waals surface area contributed by atoms with E-state index < -0.39 is 0 Å². The maximum absolute atomic E-state index is 11.9. The van der Waals surface area contributed by atoms with Crippen molar-refractivity contribution in [2.75, 3.05) is 7.11 Å². The maximum Gasteiger partial charge on any atom is 0.154 e. The van der Waals surface area contributed by atoms with Crippen LogP contribution in [0.1, 0.15) is 30.9 Å². The van der Waals surface area contributed by atoms with Gasteiger partial charge in [-0.3, -0.25) is 4.79 Å². The number of carbonyl (C=O) groups excluding carboxylic acids is 1. The number of nitrogens with two attached hydrogens (primary N) is 1. The van der Waals surface area contributed by atoms with Gasteiger partial charge < -0.3 is 10.5 Å². The molecule has 3 nitrogen and oxygen atoms in total. The Bertz CT molecular complexity index is 388. The maximum atomic E-state index is 11.9. The fraction of sp³-hybridized carbons (Fsp3) is 0.500. The third kappa shape index (κ3) is 3.86. The molecule has 1 aromatic rings. The third-order valence-electron chi connectivity index (χ3n) is 2.81. The molecule has 0 bridgehead atoms. The van der Waals surface area contributed by atoms with Gasteiger partial charge in [0.15, 0.2) is 5.78 Å². The Morgan fingerprint density at radius 1 is 1.47 bits per heavy atom. The molecule has 1 aromatic carbocycles. The van der Waals surface area contributed by atoms with Crippen molar-refractivity contribution >= 4 is 5.78 Å². The Balaban J connectivity index is 2.79. The molecule has 0 fully saturated rings. The second-order valence-electron chi connectivity index (χ2n) is 4.35.